The summed E-state index contributed by atoms with van der Waals surface area (Å²) in [7, 11) is 0. The molecule has 0 atom stereocenters. The lowest BCUT2D eigenvalue weighted by atomic mass is 10.2. The lowest BCUT2D eigenvalue weighted by Gasteiger charge is -2.07. The fourth-order valence-electron chi connectivity index (χ4n) is 1.47. The first-order chi connectivity index (χ1) is 9.36. The van der Waals surface area contributed by atoms with Crippen LogP contribution in [0.1, 0.15) is 11.1 Å². The second-order valence-electron chi connectivity index (χ2n) is 4.03. The Labute approximate surface area is 126 Å². The molecule has 0 bridgehead atoms. The zero-order chi connectivity index (χ0) is 14.8. The van der Waals surface area contributed by atoms with Crippen LogP contribution < -0.4 is 5.73 Å². The van der Waals surface area contributed by atoms with Crippen LogP contribution in [0.5, 0.6) is 0 Å². The summed E-state index contributed by atoms with van der Waals surface area (Å²) >= 11 is 4.66. The van der Waals surface area contributed by atoms with Gasteiger partial charge in [-0.1, -0.05) is 6.07 Å². The SMILES string of the molecule is Nc1cc(CSc2ccc(C(F)(F)F)cn2)ccc1Br. The number of nitrogens with zero attached hydrogens (tertiary/aromatic N) is 1. The smallest absolute Gasteiger partial charge is 0.398 e. The maximum absolute atomic E-state index is 12.4. The molecule has 0 saturated carbocycles. The molecule has 1 aromatic heterocycles. The van der Waals surface area contributed by atoms with Gasteiger partial charge in [0.05, 0.1) is 10.6 Å². The van der Waals surface area contributed by atoms with E-state index in [4.69, 9.17) is 5.73 Å². The van der Waals surface area contributed by atoms with Gasteiger partial charge in [0.1, 0.15) is 0 Å². The quantitative estimate of drug-likeness (QED) is 0.633. The molecule has 1 heterocycles. The standard InChI is InChI=1S/C13H10BrF3N2S/c14-10-3-1-8(5-11(10)18)7-20-12-4-2-9(6-19-12)13(15,16)17/h1-6H,7,18H2. The molecule has 1 aromatic carbocycles. The van der Waals surface area contributed by atoms with Crippen molar-refractivity contribution < 1.29 is 13.2 Å². The Morgan fingerprint density at radius 1 is 1.20 bits per heavy atom. The Kier molecular flexibility index (Phi) is 4.59. The molecule has 0 aliphatic rings. The van der Waals surface area contributed by atoms with E-state index in [-0.39, 0.29) is 0 Å². The molecule has 0 unspecified atom stereocenters. The maximum Gasteiger partial charge on any atom is 0.417 e. The number of hydrogen-bond acceptors (Lipinski definition) is 3. The van der Waals surface area contributed by atoms with Crippen molar-refractivity contribution in [1.29, 1.82) is 0 Å². The number of nitrogen functional groups attached to an aromatic ring is 1. The molecule has 0 aliphatic carbocycles. The first kappa shape index (κ1) is 15.2. The second kappa shape index (κ2) is 6.05. The summed E-state index contributed by atoms with van der Waals surface area (Å²) < 4.78 is 38.0. The first-order valence-electron chi connectivity index (χ1n) is 5.56. The van der Waals surface area contributed by atoms with E-state index in [1.54, 1.807) is 0 Å². The largest absolute Gasteiger partial charge is 0.417 e. The highest BCUT2D eigenvalue weighted by molar-refractivity contribution is 9.10. The highest BCUT2D eigenvalue weighted by Gasteiger charge is 2.30. The average Bonchev–Trinajstić information content (AvgIpc) is 2.40. The molecule has 0 amide bonds. The molecule has 106 valence electrons. The van der Waals surface area contributed by atoms with Crippen LogP contribution in [-0.4, -0.2) is 4.98 Å². The lowest BCUT2D eigenvalue weighted by Crippen LogP contribution is -2.05. The van der Waals surface area contributed by atoms with E-state index in [0.717, 1.165) is 22.3 Å². The normalized spacial score (nSPS) is 11.6. The molecular formula is C13H10BrF3N2S. The first-order valence-corrected chi connectivity index (χ1v) is 7.34. The molecule has 0 radical (unpaired) electrons. The van der Waals surface area contributed by atoms with Gasteiger partial charge in [0.25, 0.3) is 0 Å². The third kappa shape index (κ3) is 3.89. The van der Waals surface area contributed by atoms with E-state index in [2.05, 4.69) is 20.9 Å². The van der Waals surface area contributed by atoms with E-state index >= 15 is 0 Å². The fraction of sp³-hybridized carbons (Fsp3) is 0.154. The van der Waals surface area contributed by atoms with E-state index < -0.39 is 11.7 Å². The molecular weight excluding hydrogens is 353 g/mol. The number of thioether (sulfide) groups is 1. The van der Waals surface area contributed by atoms with Crippen molar-refractivity contribution >= 4 is 33.4 Å². The third-order valence-electron chi connectivity index (χ3n) is 2.51. The number of nitrogens with two attached hydrogens (primary N) is 1. The summed E-state index contributed by atoms with van der Waals surface area (Å²) in [6.45, 7) is 0. The number of rotatable bonds is 3. The molecule has 0 aliphatic heterocycles. The summed E-state index contributed by atoms with van der Waals surface area (Å²) in [5.74, 6) is 0.593. The molecule has 2 N–H and O–H groups in total. The van der Waals surface area contributed by atoms with Crippen molar-refractivity contribution in [3.8, 4) is 0 Å². The van der Waals surface area contributed by atoms with E-state index in [0.29, 0.717) is 16.5 Å². The average molecular weight is 363 g/mol. The lowest BCUT2D eigenvalue weighted by molar-refractivity contribution is -0.137. The van der Waals surface area contributed by atoms with Crippen molar-refractivity contribution in [2.75, 3.05) is 5.73 Å². The van der Waals surface area contributed by atoms with Gasteiger partial charge in [-0.05, 0) is 45.8 Å². The summed E-state index contributed by atoms with van der Waals surface area (Å²) in [6.07, 6.45) is -3.51. The molecule has 2 rings (SSSR count). The molecule has 2 aromatic rings. The van der Waals surface area contributed by atoms with Crippen LogP contribution in [0.4, 0.5) is 18.9 Å². The predicted molar refractivity (Wildman–Crippen MR) is 77.4 cm³/mol. The van der Waals surface area contributed by atoms with Gasteiger partial charge in [-0.25, -0.2) is 4.98 Å². The third-order valence-corrected chi connectivity index (χ3v) is 4.25. The van der Waals surface area contributed by atoms with Crippen molar-refractivity contribution in [3.05, 3.63) is 52.1 Å². The monoisotopic (exact) mass is 362 g/mol. The fourth-order valence-corrected chi connectivity index (χ4v) is 2.51. The van der Waals surface area contributed by atoms with E-state index in [1.807, 2.05) is 18.2 Å². The Morgan fingerprint density at radius 3 is 2.50 bits per heavy atom. The number of halogens is 4. The molecule has 0 fully saturated rings. The van der Waals surface area contributed by atoms with Crippen LogP contribution in [0, 0.1) is 0 Å². The zero-order valence-corrected chi connectivity index (χ0v) is 12.5. The number of benzene rings is 1. The number of pyridine rings is 1. The van der Waals surface area contributed by atoms with Gasteiger partial charge in [0, 0.05) is 22.1 Å². The topological polar surface area (TPSA) is 38.9 Å². The van der Waals surface area contributed by atoms with Gasteiger partial charge < -0.3 is 5.73 Å². The molecule has 2 nitrogen and oxygen atoms in total. The van der Waals surface area contributed by atoms with Crippen LogP contribution in [-0.2, 0) is 11.9 Å². The minimum absolute atomic E-state index is 0.541. The van der Waals surface area contributed by atoms with Crippen molar-refractivity contribution in [3.63, 3.8) is 0 Å². The Hall–Kier alpha value is -1.21. The van der Waals surface area contributed by atoms with Crippen LogP contribution >= 0.6 is 27.7 Å². The Morgan fingerprint density at radius 2 is 1.95 bits per heavy atom. The number of hydrogen-bond donors (Lipinski definition) is 1. The number of alkyl halides is 3. The van der Waals surface area contributed by atoms with E-state index in [9.17, 15) is 13.2 Å². The van der Waals surface area contributed by atoms with Crippen molar-refractivity contribution in [2.24, 2.45) is 0 Å². The number of anilines is 1. The van der Waals surface area contributed by atoms with Crippen LogP contribution in [0.2, 0.25) is 0 Å². The van der Waals surface area contributed by atoms with Gasteiger partial charge >= 0.3 is 6.18 Å². The highest BCUT2D eigenvalue weighted by Crippen LogP contribution is 2.30. The summed E-state index contributed by atoms with van der Waals surface area (Å²) in [5, 5.41) is 0.541. The summed E-state index contributed by atoms with van der Waals surface area (Å²) in [6, 6.07) is 7.96. The van der Waals surface area contributed by atoms with Crippen molar-refractivity contribution in [1.82, 2.24) is 4.98 Å². The van der Waals surface area contributed by atoms with Gasteiger partial charge in [-0.3, -0.25) is 0 Å². The second-order valence-corrected chi connectivity index (χ2v) is 5.88. The van der Waals surface area contributed by atoms with E-state index in [1.165, 1.54) is 17.8 Å². The zero-order valence-electron chi connectivity index (χ0n) is 10.1. The maximum atomic E-state index is 12.4. The van der Waals surface area contributed by atoms with Gasteiger partial charge in [0.2, 0.25) is 0 Å². The summed E-state index contributed by atoms with van der Waals surface area (Å²) in [5.41, 5.74) is 6.63. The van der Waals surface area contributed by atoms with Crippen LogP contribution in [0.15, 0.2) is 46.0 Å². The summed E-state index contributed by atoms with van der Waals surface area (Å²) in [4.78, 5) is 3.80. The van der Waals surface area contributed by atoms with Crippen molar-refractivity contribution in [2.45, 2.75) is 17.0 Å². The molecule has 7 heteroatoms. The van der Waals surface area contributed by atoms with Gasteiger partial charge in [0.15, 0.2) is 0 Å². The van der Waals surface area contributed by atoms with Gasteiger partial charge in [-0.15, -0.1) is 11.8 Å². The van der Waals surface area contributed by atoms with Crippen LogP contribution in [0.25, 0.3) is 0 Å². The Bertz CT molecular complexity index is 600. The highest BCUT2D eigenvalue weighted by atomic mass is 79.9. The molecule has 0 saturated heterocycles. The predicted octanol–water partition coefficient (Wildman–Crippen LogP) is 4.74. The van der Waals surface area contributed by atoms with Crippen LogP contribution in [0.3, 0.4) is 0 Å². The molecule has 0 spiro atoms. The minimum atomic E-state index is -4.35. The van der Waals surface area contributed by atoms with Gasteiger partial charge in [-0.2, -0.15) is 13.2 Å². The minimum Gasteiger partial charge on any atom is -0.398 e. The molecule has 20 heavy (non-hydrogen) atoms. The Balaban J connectivity index is 2.02. The number of aromatic nitrogens is 1.